The van der Waals surface area contributed by atoms with Gasteiger partial charge in [-0.1, -0.05) is 42.5 Å². The number of ether oxygens (including phenoxy) is 3. The summed E-state index contributed by atoms with van der Waals surface area (Å²) in [4.78, 5) is 8.11. The topological polar surface area (TPSA) is 53.5 Å². The molecular weight excluding hydrogens is 412 g/mol. The Hall–Kier alpha value is -2.60. The van der Waals surface area contributed by atoms with Crippen molar-refractivity contribution in [2.75, 3.05) is 0 Å². The Kier molecular flexibility index (Phi) is 15.4. The molecule has 0 N–H and O–H groups in total. The van der Waals surface area contributed by atoms with Crippen LogP contribution in [0.4, 0.5) is 0 Å². The van der Waals surface area contributed by atoms with Crippen LogP contribution in [0.1, 0.15) is 58.4 Å². The molecule has 5 heteroatoms. The highest BCUT2D eigenvalue weighted by atomic mass is 16.5. The molecule has 5 nitrogen and oxygen atoms in total. The Morgan fingerprint density at radius 3 is 1.64 bits per heavy atom. The van der Waals surface area contributed by atoms with Gasteiger partial charge in [0.2, 0.25) is 0 Å². The van der Waals surface area contributed by atoms with Gasteiger partial charge in [0.05, 0.1) is 43.8 Å². The summed E-state index contributed by atoms with van der Waals surface area (Å²) in [6.07, 6.45) is 6.24. The second-order valence-electron chi connectivity index (χ2n) is 8.25. The number of pyridine rings is 2. The minimum absolute atomic E-state index is 0.275. The maximum Gasteiger partial charge on any atom is 0.0891 e. The first-order valence-corrected chi connectivity index (χ1v) is 11.5. The smallest absolute Gasteiger partial charge is 0.0891 e. The number of rotatable bonds is 9. The standard InChI is InChI=1S/C10H14O.2C9H13NO/c1-9(2)11-8-10-6-4-3-5-7-10;1-8(2)11-7-9-4-3-5-10-6-9;1-8(2)11-7-9-5-3-4-6-10-9/h3-7,9H,8H2,1-2H3;2*3-6,8H,7H2,1-2H3. The fraction of sp³-hybridized carbons (Fsp3) is 0.429. The minimum Gasteiger partial charge on any atom is -0.374 e. The minimum atomic E-state index is 0.275. The highest BCUT2D eigenvalue weighted by molar-refractivity contribution is 5.13. The molecule has 180 valence electrons. The van der Waals surface area contributed by atoms with Crippen molar-refractivity contribution in [2.45, 2.75) is 79.7 Å². The lowest BCUT2D eigenvalue weighted by Crippen LogP contribution is -2.02. The van der Waals surface area contributed by atoms with Crippen LogP contribution in [-0.4, -0.2) is 28.3 Å². The predicted molar refractivity (Wildman–Crippen MR) is 135 cm³/mol. The van der Waals surface area contributed by atoms with Crippen LogP contribution in [0.5, 0.6) is 0 Å². The van der Waals surface area contributed by atoms with E-state index in [2.05, 4.69) is 22.1 Å². The van der Waals surface area contributed by atoms with Gasteiger partial charge in [-0.05, 0) is 70.9 Å². The summed E-state index contributed by atoms with van der Waals surface area (Å²) in [7, 11) is 0. The number of hydrogen-bond acceptors (Lipinski definition) is 5. The molecule has 0 fully saturated rings. The van der Waals surface area contributed by atoms with E-state index in [4.69, 9.17) is 14.2 Å². The third kappa shape index (κ3) is 16.7. The first-order chi connectivity index (χ1) is 15.9. The molecular formula is C28H40N2O3. The molecule has 0 amide bonds. The first-order valence-electron chi connectivity index (χ1n) is 11.5. The molecule has 0 radical (unpaired) electrons. The third-order valence-corrected chi connectivity index (χ3v) is 4.02. The van der Waals surface area contributed by atoms with E-state index in [9.17, 15) is 0 Å². The second kappa shape index (κ2) is 17.9. The first kappa shape index (κ1) is 28.4. The van der Waals surface area contributed by atoms with Crippen molar-refractivity contribution in [3.05, 3.63) is 96.1 Å². The third-order valence-electron chi connectivity index (χ3n) is 4.02. The molecule has 0 aliphatic rings. The van der Waals surface area contributed by atoms with E-state index in [1.165, 1.54) is 5.56 Å². The van der Waals surface area contributed by atoms with Gasteiger partial charge < -0.3 is 14.2 Å². The Morgan fingerprint density at radius 2 is 1.12 bits per heavy atom. The van der Waals surface area contributed by atoms with Crippen LogP contribution in [0.25, 0.3) is 0 Å². The average Bonchev–Trinajstić information content (AvgIpc) is 2.83. The zero-order valence-electron chi connectivity index (χ0n) is 21.0. The SMILES string of the molecule is CC(C)OCc1ccccc1.CC(C)OCc1ccccn1.CC(C)OCc1cccnc1. The van der Waals surface area contributed by atoms with Crippen LogP contribution in [0.15, 0.2) is 79.3 Å². The van der Waals surface area contributed by atoms with Gasteiger partial charge in [0.25, 0.3) is 0 Å². The molecule has 2 aromatic heterocycles. The molecule has 0 aliphatic carbocycles. The van der Waals surface area contributed by atoms with Crippen LogP contribution >= 0.6 is 0 Å². The van der Waals surface area contributed by atoms with Crippen LogP contribution in [0, 0.1) is 0 Å². The normalized spacial score (nSPS) is 10.5. The van der Waals surface area contributed by atoms with E-state index in [1.54, 1.807) is 12.4 Å². The number of nitrogens with zero attached hydrogens (tertiary/aromatic N) is 2. The zero-order chi connectivity index (χ0) is 24.3. The van der Waals surface area contributed by atoms with Gasteiger partial charge in [0, 0.05) is 18.6 Å². The molecule has 0 unspecified atom stereocenters. The zero-order valence-corrected chi connectivity index (χ0v) is 21.0. The molecule has 0 atom stereocenters. The van der Waals surface area contributed by atoms with Gasteiger partial charge in [-0.15, -0.1) is 0 Å². The number of aromatic nitrogens is 2. The van der Waals surface area contributed by atoms with Gasteiger partial charge in [0.15, 0.2) is 0 Å². The molecule has 0 spiro atoms. The van der Waals surface area contributed by atoms with E-state index in [0.717, 1.165) is 17.9 Å². The van der Waals surface area contributed by atoms with E-state index >= 15 is 0 Å². The predicted octanol–water partition coefficient (Wildman–Crippen LogP) is 6.62. The molecule has 0 aliphatic heterocycles. The lowest BCUT2D eigenvalue weighted by atomic mass is 10.2. The van der Waals surface area contributed by atoms with Crippen molar-refractivity contribution in [3.8, 4) is 0 Å². The Bertz CT molecular complexity index is 697. The molecule has 1 aromatic carbocycles. The van der Waals surface area contributed by atoms with Crippen molar-refractivity contribution >= 4 is 0 Å². The molecule has 3 rings (SSSR count). The summed E-state index contributed by atoms with van der Waals surface area (Å²) in [5.74, 6) is 0. The van der Waals surface area contributed by atoms with Crippen molar-refractivity contribution in [2.24, 2.45) is 0 Å². The van der Waals surface area contributed by atoms with Crippen LogP contribution in [0.3, 0.4) is 0 Å². The molecule has 0 saturated heterocycles. The van der Waals surface area contributed by atoms with Gasteiger partial charge >= 0.3 is 0 Å². The highest BCUT2D eigenvalue weighted by Crippen LogP contribution is 2.02. The lowest BCUT2D eigenvalue weighted by molar-refractivity contribution is 0.0636. The largest absolute Gasteiger partial charge is 0.374 e. The maximum atomic E-state index is 5.43. The fourth-order valence-corrected chi connectivity index (χ4v) is 2.32. The van der Waals surface area contributed by atoms with E-state index in [0.29, 0.717) is 19.3 Å². The highest BCUT2D eigenvalue weighted by Gasteiger charge is 1.96. The van der Waals surface area contributed by atoms with Gasteiger partial charge in [-0.2, -0.15) is 0 Å². The van der Waals surface area contributed by atoms with Gasteiger partial charge in [-0.25, -0.2) is 0 Å². The van der Waals surface area contributed by atoms with E-state index in [1.807, 2.05) is 96.3 Å². The second-order valence-corrected chi connectivity index (χ2v) is 8.25. The Balaban J connectivity index is 0.000000247. The summed E-state index contributed by atoms with van der Waals surface area (Å²) in [6.45, 7) is 14.2. The molecule has 0 bridgehead atoms. The van der Waals surface area contributed by atoms with E-state index in [-0.39, 0.29) is 12.2 Å². The van der Waals surface area contributed by atoms with Crippen molar-refractivity contribution < 1.29 is 14.2 Å². The lowest BCUT2D eigenvalue weighted by Gasteiger charge is -2.06. The summed E-state index contributed by atoms with van der Waals surface area (Å²) >= 11 is 0. The molecule has 0 saturated carbocycles. The number of hydrogen-bond donors (Lipinski definition) is 0. The average molecular weight is 453 g/mol. The van der Waals surface area contributed by atoms with Crippen LogP contribution in [0.2, 0.25) is 0 Å². The summed E-state index contributed by atoms with van der Waals surface area (Å²) in [6, 6.07) is 20.0. The summed E-state index contributed by atoms with van der Waals surface area (Å²) < 4.78 is 16.2. The quantitative estimate of drug-likeness (QED) is 0.365. The maximum absolute atomic E-state index is 5.43. The molecule has 2 heterocycles. The Morgan fingerprint density at radius 1 is 0.576 bits per heavy atom. The van der Waals surface area contributed by atoms with Crippen molar-refractivity contribution in [3.63, 3.8) is 0 Å². The summed E-state index contributed by atoms with van der Waals surface area (Å²) in [5.41, 5.74) is 3.35. The van der Waals surface area contributed by atoms with Crippen molar-refractivity contribution in [1.82, 2.24) is 9.97 Å². The fourth-order valence-electron chi connectivity index (χ4n) is 2.32. The van der Waals surface area contributed by atoms with Crippen molar-refractivity contribution in [1.29, 1.82) is 0 Å². The number of benzene rings is 1. The van der Waals surface area contributed by atoms with E-state index < -0.39 is 0 Å². The van der Waals surface area contributed by atoms with Gasteiger partial charge in [-0.3, -0.25) is 9.97 Å². The van der Waals surface area contributed by atoms with Crippen LogP contribution in [-0.2, 0) is 34.0 Å². The molecule has 33 heavy (non-hydrogen) atoms. The monoisotopic (exact) mass is 452 g/mol. The molecule has 3 aromatic rings. The van der Waals surface area contributed by atoms with Crippen LogP contribution < -0.4 is 0 Å². The Labute approximate surface area is 200 Å². The van der Waals surface area contributed by atoms with Gasteiger partial charge in [0.1, 0.15) is 0 Å². The summed E-state index contributed by atoms with van der Waals surface area (Å²) in [5, 5.41) is 0.